The van der Waals surface area contributed by atoms with Gasteiger partial charge in [-0.05, 0) is 38.5 Å². The first-order valence-corrected chi connectivity index (χ1v) is 9.51. The summed E-state index contributed by atoms with van der Waals surface area (Å²) in [5.74, 6) is -3.18. The lowest BCUT2D eigenvalue weighted by molar-refractivity contribution is -0.159. The smallest absolute Gasteiger partial charge is 0.336 e. The molecule has 0 aromatic heterocycles. The zero-order chi connectivity index (χ0) is 20.2. The van der Waals surface area contributed by atoms with Gasteiger partial charge >= 0.3 is 5.97 Å². The zero-order valence-corrected chi connectivity index (χ0v) is 16.1. The van der Waals surface area contributed by atoms with E-state index < -0.39 is 29.3 Å². The zero-order valence-electron chi connectivity index (χ0n) is 16.1. The van der Waals surface area contributed by atoms with Crippen LogP contribution >= 0.6 is 0 Å². The number of fused-ring (bicyclic) bond motifs is 5. The van der Waals surface area contributed by atoms with E-state index in [4.69, 9.17) is 4.74 Å². The van der Waals surface area contributed by atoms with E-state index in [1.807, 2.05) is 26.0 Å². The van der Waals surface area contributed by atoms with Crippen molar-refractivity contribution in [2.75, 3.05) is 11.5 Å². The number of carbonyl (C=O) groups excluding carboxylic acids is 3. The molecular formula is C22H23NO5. The van der Waals surface area contributed by atoms with Gasteiger partial charge in [0.25, 0.3) is 0 Å². The van der Waals surface area contributed by atoms with Gasteiger partial charge in [-0.3, -0.25) is 9.59 Å². The van der Waals surface area contributed by atoms with Gasteiger partial charge in [0, 0.05) is 5.92 Å². The van der Waals surface area contributed by atoms with Crippen molar-refractivity contribution >= 4 is 23.5 Å². The summed E-state index contributed by atoms with van der Waals surface area (Å²) in [7, 11) is 0. The molecule has 3 aliphatic rings. The summed E-state index contributed by atoms with van der Waals surface area (Å²) in [6.45, 7) is 5.55. The predicted octanol–water partition coefficient (Wildman–Crippen LogP) is 2.24. The standard InChI is InChI=1S/C22H23NO5/c1-4-28-21(27)18(24)22-11-10-14(16(22)12(2)3)15-17(22)20(26)23(19(15)25)13-8-6-5-7-9-13/h5-11,14-15,17-18,24H,4H2,1-3H3/t14-,15+,17+,18-,22-/m1/s1. The van der Waals surface area contributed by atoms with Crippen LogP contribution in [0.15, 0.2) is 53.6 Å². The first kappa shape index (κ1) is 18.6. The maximum atomic E-state index is 13.4. The fourth-order valence-corrected chi connectivity index (χ4v) is 5.29. The van der Waals surface area contributed by atoms with Gasteiger partial charge < -0.3 is 9.84 Å². The average molecular weight is 381 g/mol. The lowest BCUT2D eigenvalue weighted by Crippen LogP contribution is -2.47. The Morgan fingerprint density at radius 1 is 1.21 bits per heavy atom. The molecule has 6 nitrogen and oxygen atoms in total. The van der Waals surface area contributed by atoms with Crippen LogP contribution in [0.5, 0.6) is 0 Å². The van der Waals surface area contributed by atoms with Crippen LogP contribution in [0.1, 0.15) is 20.8 Å². The number of para-hydroxylation sites is 1. The number of anilines is 1. The fourth-order valence-electron chi connectivity index (χ4n) is 5.29. The molecule has 1 heterocycles. The van der Waals surface area contributed by atoms with Crippen LogP contribution in [0, 0.1) is 23.2 Å². The Morgan fingerprint density at radius 3 is 2.50 bits per heavy atom. The van der Waals surface area contributed by atoms with Gasteiger partial charge in [0.15, 0.2) is 6.10 Å². The Bertz CT molecular complexity index is 914. The molecule has 146 valence electrons. The van der Waals surface area contributed by atoms with Gasteiger partial charge in [0.2, 0.25) is 11.8 Å². The molecule has 1 saturated heterocycles. The molecule has 6 heteroatoms. The molecule has 1 N–H and O–H groups in total. The number of aliphatic hydroxyl groups is 1. The first-order valence-electron chi connectivity index (χ1n) is 9.51. The summed E-state index contributed by atoms with van der Waals surface area (Å²) >= 11 is 0. The van der Waals surface area contributed by atoms with Crippen molar-refractivity contribution in [2.45, 2.75) is 26.9 Å². The second-order valence-corrected chi connectivity index (χ2v) is 7.74. The topological polar surface area (TPSA) is 83.9 Å². The van der Waals surface area contributed by atoms with Crippen molar-refractivity contribution < 1.29 is 24.2 Å². The molecule has 0 radical (unpaired) electrons. The second kappa shape index (κ2) is 6.41. The molecule has 1 aromatic rings. The predicted molar refractivity (Wildman–Crippen MR) is 102 cm³/mol. The largest absolute Gasteiger partial charge is 0.464 e. The third-order valence-corrected chi connectivity index (χ3v) is 6.15. The highest BCUT2D eigenvalue weighted by atomic mass is 16.5. The van der Waals surface area contributed by atoms with Gasteiger partial charge in [-0.1, -0.05) is 35.9 Å². The molecule has 4 rings (SSSR count). The van der Waals surface area contributed by atoms with Crippen LogP contribution < -0.4 is 4.90 Å². The van der Waals surface area contributed by atoms with E-state index in [1.165, 1.54) is 4.90 Å². The monoisotopic (exact) mass is 381 g/mol. The van der Waals surface area contributed by atoms with Crippen molar-refractivity contribution in [1.82, 2.24) is 0 Å². The van der Waals surface area contributed by atoms with Crippen LogP contribution in [-0.2, 0) is 19.1 Å². The number of benzene rings is 1. The van der Waals surface area contributed by atoms with E-state index in [0.29, 0.717) is 5.69 Å². The molecule has 2 amide bonds. The summed E-state index contributed by atoms with van der Waals surface area (Å²) in [6, 6.07) is 8.77. The van der Waals surface area contributed by atoms with Crippen LogP contribution in [0.2, 0.25) is 0 Å². The normalized spacial score (nSPS) is 31.4. The number of ether oxygens (including phenoxy) is 1. The molecule has 5 atom stereocenters. The highest BCUT2D eigenvalue weighted by Gasteiger charge is 2.72. The molecule has 28 heavy (non-hydrogen) atoms. The van der Waals surface area contributed by atoms with E-state index in [9.17, 15) is 19.5 Å². The highest BCUT2D eigenvalue weighted by molar-refractivity contribution is 6.23. The van der Waals surface area contributed by atoms with Crippen molar-refractivity contribution in [3.8, 4) is 0 Å². The van der Waals surface area contributed by atoms with E-state index >= 15 is 0 Å². The van der Waals surface area contributed by atoms with Gasteiger partial charge in [0.05, 0.1) is 29.5 Å². The van der Waals surface area contributed by atoms with Gasteiger partial charge in [-0.2, -0.15) is 0 Å². The summed E-state index contributed by atoms with van der Waals surface area (Å²) < 4.78 is 5.06. The van der Waals surface area contributed by atoms with Crippen molar-refractivity contribution in [1.29, 1.82) is 0 Å². The third-order valence-electron chi connectivity index (χ3n) is 6.15. The number of imide groups is 1. The summed E-state index contributed by atoms with van der Waals surface area (Å²) in [6.07, 6.45) is 2.05. The Hall–Kier alpha value is -2.73. The molecule has 0 unspecified atom stereocenters. The molecule has 1 aromatic carbocycles. The molecule has 0 spiro atoms. The molecular weight excluding hydrogens is 358 g/mol. The lowest BCUT2D eigenvalue weighted by Gasteiger charge is -2.35. The van der Waals surface area contributed by atoms with Gasteiger partial charge in [-0.25, -0.2) is 9.69 Å². The number of rotatable bonds is 4. The van der Waals surface area contributed by atoms with E-state index in [2.05, 4.69) is 0 Å². The Kier molecular flexibility index (Phi) is 4.27. The number of nitrogens with zero attached hydrogens (tertiary/aromatic N) is 1. The summed E-state index contributed by atoms with van der Waals surface area (Å²) in [4.78, 5) is 40.4. The number of hydrogen-bond acceptors (Lipinski definition) is 5. The third kappa shape index (κ3) is 2.21. The Morgan fingerprint density at radius 2 is 1.89 bits per heavy atom. The summed E-state index contributed by atoms with van der Waals surface area (Å²) in [5.41, 5.74) is 0.958. The highest BCUT2D eigenvalue weighted by Crippen LogP contribution is 2.65. The fraction of sp³-hybridized carbons (Fsp3) is 0.409. The number of carbonyl (C=O) groups is 3. The SMILES string of the molecule is CCOC(=O)[C@@H](O)[C@]12C=C[C@@H](C1=C(C)C)[C@@H]1C(=O)N(c3ccccc3)C(=O)[C@H]12. The molecule has 1 saturated carbocycles. The van der Waals surface area contributed by atoms with E-state index in [1.54, 1.807) is 37.3 Å². The number of esters is 1. The quantitative estimate of drug-likeness (QED) is 0.491. The maximum Gasteiger partial charge on any atom is 0.336 e. The molecule has 2 aliphatic carbocycles. The van der Waals surface area contributed by atoms with E-state index in [0.717, 1.165) is 11.1 Å². The van der Waals surface area contributed by atoms with Crippen molar-refractivity contribution in [3.63, 3.8) is 0 Å². The number of amides is 2. The number of hydrogen-bond donors (Lipinski definition) is 1. The second-order valence-electron chi connectivity index (χ2n) is 7.74. The summed E-state index contributed by atoms with van der Waals surface area (Å²) in [5, 5.41) is 11.0. The van der Waals surface area contributed by atoms with Crippen molar-refractivity contribution in [3.05, 3.63) is 53.6 Å². The molecule has 2 bridgehead atoms. The minimum Gasteiger partial charge on any atom is -0.464 e. The van der Waals surface area contributed by atoms with Crippen LogP contribution in [0.4, 0.5) is 5.69 Å². The lowest BCUT2D eigenvalue weighted by atomic mass is 9.69. The van der Waals surface area contributed by atoms with Gasteiger partial charge in [0.1, 0.15) is 0 Å². The van der Waals surface area contributed by atoms with E-state index in [-0.39, 0.29) is 24.3 Å². The molecule has 1 aliphatic heterocycles. The first-order chi connectivity index (χ1) is 13.4. The number of allylic oxidation sites excluding steroid dienone is 2. The van der Waals surface area contributed by atoms with Crippen LogP contribution in [0.25, 0.3) is 0 Å². The maximum absolute atomic E-state index is 13.4. The van der Waals surface area contributed by atoms with Crippen LogP contribution in [-0.4, -0.2) is 35.6 Å². The van der Waals surface area contributed by atoms with Gasteiger partial charge in [-0.15, -0.1) is 0 Å². The van der Waals surface area contributed by atoms with Crippen LogP contribution in [0.3, 0.4) is 0 Å². The average Bonchev–Trinajstić information content (AvgIpc) is 3.29. The number of aliphatic hydroxyl groups excluding tert-OH is 1. The molecule has 2 fully saturated rings. The Labute approximate surface area is 163 Å². The van der Waals surface area contributed by atoms with Crippen molar-refractivity contribution in [2.24, 2.45) is 23.2 Å². The minimum atomic E-state index is -1.54. The minimum absolute atomic E-state index is 0.125. The Balaban J connectivity index is 1.85.